The first-order valence-electron chi connectivity index (χ1n) is 7.48. The molecule has 0 aliphatic heterocycles. The second kappa shape index (κ2) is 9.14. The summed E-state index contributed by atoms with van der Waals surface area (Å²) in [5.41, 5.74) is 1.94. The fourth-order valence-electron chi connectivity index (χ4n) is 2.19. The predicted molar refractivity (Wildman–Crippen MR) is 89.4 cm³/mol. The summed E-state index contributed by atoms with van der Waals surface area (Å²) in [6, 6.07) is 7.87. The zero-order chi connectivity index (χ0) is 15.7. The summed E-state index contributed by atoms with van der Waals surface area (Å²) >= 11 is 0. The van der Waals surface area contributed by atoms with Crippen LogP contribution in [0.4, 0.5) is 0 Å². The van der Waals surface area contributed by atoms with Crippen molar-refractivity contribution < 1.29 is 4.79 Å². The molecule has 1 amide bonds. The average Bonchev–Trinajstić information content (AvgIpc) is 2.52. The number of hydrogen-bond acceptors (Lipinski definition) is 2. The highest BCUT2D eigenvalue weighted by atomic mass is 16.2. The van der Waals surface area contributed by atoms with Crippen molar-refractivity contribution in [2.75, 3.05) is 26.2 Å². The predicted octanol–water partition coefficient (Wildman–Crippen LogP) is 3.34. The number of amides is 1. The van der Waals surface area contributed by atoms with Gasteiger partial charge in [0, 0.05) is 25.2 Å². The Morgan fingerprint density at radius 2 is 1.57 bits per heavy atom. The van der Waals surface area contributed by atoms with Gasteiger partial charge in [-0.25, -0.2) is 0 Å². The molecule has 0 saturated carbocycles. The molecule has 0 aromatic heterocycles. The molecule has 1 aromatic rings. The maximum absolute atomic E-state index is 12.4. The molecule has 21 heavy (non-hydrogen) atoms. The highest BCUT2D eigenvalue weighted by Crippen LogP contribution is 2.10. The summed E-state index contributed by atoms with van der Waals surface area (Å²) in [6.07, 6.45) is 3.46. The van der Waals surface area contributed by atoms with E-state index in [-0.39, 0.29) is 5.91 Å². The quantitative estimate of drug-likeness (QED) is 0.650. The van der Waals surface area contributed by atoms with Crippen LogP contribution in [-0.4, -0.2) is 41.9 Å². The molecule has 0 heterocycles. The Bertz CT molecular complexity index is 451. The SMILES string of the molecule is C=CCN(CC=C)C(=O)c1ccc(CN(CC)CC)cc1. The van der Waals surface area contributed by atoms with E-state index in [1.807, 2.05) is 24.3 Å². The second-order valence-corrected chi connectivity index (χ2v) is 4.95. The van der Waals surface area contributed by atoms with Crippen molar-refractivity contribution in [3.05, 3.63) is 60.7 Å². The molecule has 3 nitrogen and oxygen atoms in total. The molecule has 0 atom stereocenters. The number of carbonyl (C=O) groups is 1. The molecule has 0 saturated heterocycles. The van der Waals surface area contributed by atoms with Gasteiger partial charge in [0.15, 0.2) is 0 Å². The Hall–Kier alpha value is -1.87. The van der Waals surface area contributed by atoms with Crippen molar-refractivity contribution >= 4 is 5.91 Å². The van der Waals surface area contributed by atoms with Crippen LogP contribution in [0.1, 0.15) is 29.8 Å². The lowest BCUT2D eigenvalue weighted by molar-refractivity contribution is 0.0791. The minimum absolute atomic E-state index is 0.0178. The summed E-state index contributed by atoms with van der Waals surface area (Å²) in [6.45, 7) is 15.7. The van der Waals surface area contributed by atoms with Crippen LogP contribution in [0.3, 0.4) is 0 Å². The Morgan fingerprint density at radius 1 is 1.05 bits per heavy atom. The topological polar surface area (TPSA) is 23.6 Å². The number of carbonyl (C=O) groups excluding carboxylic acids is 1. The number of rotatable bonds is 9. The Kier molecular flexibility index (Phi) is 7.48. The van der Waals surface area contributed by atoms with Gasteiger partial charge in [-0.05, 0) is 30.8 Å². The maximum atomic E-state index is 12.4. The molecule has 0 radical (unpaired) electrons. The third kappa shape index (κ3) is 5.20. The molecule has 0 aliphatic carbocycles. The molecule has 0 fully saturated rings. The smallest absolute Gasteiger partial charge is 0.254 e. The van der Waals surface area contributed by atoms with Gasteiger partial charge >= 0.3 is 0 Å². The van der Waals surface area contributed by atoms with Crippen molar-refractivity contribution in [1.29, 1.82) is 0 Å². The van der Waals surface area contributed by atoms with Gasteiger partial charge < -0.3 is 4.90 Å². The van der Waals surface area contributed by atoms with Crippen LogP contribution in [0.2, 0.25) is 0 Å². The summed E-state index contributed by atoms with van der Waals surface area (Å²) in [5, 5.41) is 0. The monoisotopic (exact) mass is 286 g/mol. The van der Waals surface area contributed by atoms with Gasteiger partial charge in [0.1, 0.15) is 0 Å². The van der Waals surface area contributed by atoms with Crippen molar-refractivity contribution in [3.63, 3.8) is 0 Å². The van der Waals surface area contributed by atoms with Crippen LogP contribution in [0.25, 0.3) is 0 Å². The molecule has 0 unspecified atom stereocenters. The first-order chi connectivity index (χ1) is 10.2. The first-order valence-corrected chi connectivity index (χ1v) is 7.48. The van der Waals surface area contributed by atoms with Gasteiger partial charge in [0.25, 0.3) is 5.91 Å². The molecule has 0 N–H and O–H groups in total. The van der Waals surface area contributed by atoms with Crippen LogP contribution in [-0.2, 0) is 6.54 Å². The summed E-state index contributed by atoms with van der Waals surface area (Å²) in [4.78, 5) is 16.5. The molecular weight excluding hydrogens is 260 g/mol. The largest absolute Gasteiger partial charge is 0.331 e. The fraction of sp³-hybridized carbons (Fsp3) is 0.389. The van der Waals surface area contributed by atoms with Crippen LogP contribution < -0.4 is 0 Å². The van der Waals surface area contributed by atoms with E-state index in [0.717, 1.165) is 19.6 Å². The molecule has 3 heteroatoms. The Balaban J connectivity index is 2.78. The van der Waals surface area contributed by atoms with Gasteiger partial charge in [0.2, 0.25) is 0 Å². The number of benzene rings is 1. The van der Waals surface area contributed by atoms with E-state index in [0.29, 0.717) is 18.7 Å². The summed E-state index contributed by atoms with van der Waals surface area (Å²) in [5.74, 6) is 0.0178. The number of hydrogen-bond donors (Lipinski definition) is 0. The minimum atomic E-state index is 0.0178. The highest BCUT2D eigenvalue weighted by molar-refractivity contribution is 5.94. The Morgan fingerprint density at radius 3 is 2.00 bits per heavy atom. The minimum Gasteiger partial charge on any atom is -0.331 e. The lowest BCUT2D eigenvalue weighted by Gasteiger charge is -2.20. The lowest BCUT2D eigenvalue weighted by atomic mass is 10.1. The van der Waals surface area contributed by atoms with E-state index in [4.69, 9.17) is 0 Å². The Labute approximate surface area is 128 Å². The summed E-state index contributed by atoms with van der Waals surface area (Å²) in [7, 11) is 0. The summed E-state index contributed by atoms with van der Waals surface area (Å²) < 4.78 is 0. The third-order valence-electron chi connectivity index (χ3n) is 3.49. The van der Waals surface area contributed by atoms with Gasteiger partial charge in [0.05, 0.1) is 0 Å². The van der Waals surface area contributed by atoms with E-state index < -0.39 is 0 Å². The van der Waals surface area contributed by atoms with E-state index >= 15 is 0 Å². The average molecular weight is 286 g/mol. The molecule has 1 rings (SSSR count). The molecule has 0 spiro atoms. The maximum Gasteiger partial charge on any atom is 0.254 e. The van der Waals surface area contributed by atoms with E-state index in [9.17, 15) is 4.79 Å². The standard InChI is InChI=1S/C18H26N2O/c1-5-13-20(14-6-2)18(21)17-11-9-16(10-12-17)15-19(7-3)8-4/h5-6,9-12H,1-2,7-8,13-15H2,3-4H3. The third-order valence-corrected chi connectivity index (χ3v) is 3.49. The fourth-order valence-corrected chi connectivity index (χ4v) is 2.19. The van der Waals surface area contributed by atoms with Crippen LogP contribution in [0.5, 0.6) is 0 Å². The normalized spacial score (nSPS) is 10.4. The van der Waals surface area contributed by atoms with Gasteiger partial charge in [-0.1, -0.05) is 38.1 Å². The van der Waals surface area contributed by atoms with Crippen LogP contribution in [0, 0.1) is 0 Å². The highest BCUT2D eigenvalue weighted by Gasteiger charge is 2.13. The molecule has 0 bridgehead atoms. The van der Waals surface area contributed by atoms with Crippen LogP contribution in [0.15, 0.2) is 49.6 Å². The van der Waals surface area contributed by atoms with Crippen molar-refractivity contribution in [3.8, 4) is 0 Å². The van der Waals surface area contributed by atoms with Gasteiger partial charge in [-0.2, -0.15) is 0 Å². The van der Waals surface area contributed by atoms with E-state index in [1.165, 1.54) is 5.56 Å². The molecular formula is C18H26N2O. The second-order valence-electron chi connectivity index (χ2n) is 4.95. The van der Waals surface area contributed by atoms with Crippen molar-refractivity contribution in [1.82, 2.24) is 9.80 Å². The van der Waals surface area contributed by atoms with E-state index in [1.54, 1.807) is 17.1 Å². The van der Waals surface area contributed by atoms with Crippen molar-refractivity contribution in [2.45, 2.75) is 20.4 Å². The zero-order valence-corrected chi connectivity index (χ0v) is 13.2. The van der Waals surface area contributed by atoms with E-state index in [2.05, 4.69) is 31.9 Å². The van der Waals surface area contributed by atoms with Gasteiger partial charge in [-0.15, -0.1) is 13.2 Å². The lowest BCUT2D eigenvalue weighted by Crippen LogP contribution is -2.31. The molecule has 114 valence electrons. The zero-order valence-electron chi connectivity index (χ0n) is 13.2. The molecule has 1 aromatic carbocycles. The molecule has 0 aliphatic rings. The first kappa shape index (κ1) is 17.2. The van der Waals surface area contributed by atoms with Crippen molar-refractivity contribution in [2.24, 2.45) is 0 Å². The number of nitrogens with zero attached hydrogens (tertiary/aromatic N) is 2. The van der Waals surface area contributed by atoms with Gasteiger partial charge in [-0.3, -0.25) is 9.69 Å². The van der Waals surface area contributed by atoms with Crippen LogP contribution >= 0.6 is 0 Å².